The van der Waals surface area contributed by atoms with Gasteiger partial charge in [-0.05, 0) is 0 Å². The fraction of sp³-hybridized carbons (Fsp3) is 0.579. The zero-order chi connectivity index (χ0) is 28.4. The first-order chi connectivity index (χ1) is 19.1. The minimum atomic E-state index is -2.07. The Morgan fingerprint density at radius 3 is 1.29 bits per heavy atom. The van der Waals surface area contributed by atoms with Crippen molar-refractivity contribution in [3.8, 4) is 0 Å². The second-order valence-corrected chi connectivity index (χ2v) is 32.7. The maximum absolute atomic E-state index is 2.69. The van der Waals surface area contributed by atoms with Crippen molar-refractivity contribution in [3.05, 3.63) is 79.9 Å². The molecule has 0 saturated heterocycles. The molecule has 2 aromatic rings. The summed E-state index contributed by atoms with van der Waals surface area (Å²) < 4.78 is 1.47. The van der Waals surface area contributed by atoms with Gasteiger partial charge >= 0.3 is 255 Å². The zero-order valence-corrected chi connectivity index (χ0v) is 32.4. The van der Waals surface area contributed by atoms with Gasteiger partial charge in [0.15, 0.2) is 0 Å². The van der Waals surface area contributed by atoms with E-state index in [-0.39, 0.29) is 24.8 Å². The summed E-state index contributed by atoms with van der Waals surface area (Å²) in [5.41, 5.74) is 17.1. The first kappa shape index (κ1) is 34.5. The summed E-state index contributed by atoms with van der Waals surface area (Å²) in [5, 5.41) is 0. The topological polar surface area (TPSA) is 0 Å². The molecule has 2 saturated carbocycles. The minimum Gasteiger partial charge on any atom is -1.00 e. The smallest absolute Gasteiger partial charge is 1.00 e. The summed E-state index contributed by atoms with van der Waals surface area (Å²) in [6, 6.07) is 10.1. The molecule has 0 N–H and O–H groups in total. The molecule has 0 aromatic heterocycles. The van der Waals surface area contributed by atoms with Crippen molar-refractivity contribution >= 4 is 17.6 Å². The van der Waals surface area contributed by atoms with E-state index in [1.54, 1.807) is 55.7 Å². The van der Waals surface area contributed by atoms with Gasteiger partial charge in [-0.25, -0.2) is 0 Å². The van der Waals surface area contributed by atoms with Crippen LogP contribution >= 0.6 is 0 Å². The summed E-state index contributed by atoms with van der Waals surface area (Å²) in [5.74, 6) is 0. The number of aryl methyl sites for hydroxylation is 2. The summed E-state index contributed by atoms with van der Waals surface area (Å²) in [7, 11) is 0. The molecule has 0 radical (unpaired) electrons. The first-order valence-electron chi connectivity index (χ1n) is 16.4. The van der Waals surface area contributed by atoms with Gasteiger partial charge in [0.2, 0.25) is 0 Å². The van der Waals surface area contributed by atoms with Crippen molar-refractivity contribution in [2.45, 2.75) is 137 Å². The van der Waals surface area contributed by atoms with Crippen LogP contribution in [0, 0.1) is 13.8 Å². The average Bonchev–Trinajstić information content (AvgIpc) is 3.43. The SMILES string of the molecule is CC1=Cc2c(C3(C)CCCCC3)ccc(C)c2[CH]1[Zr+2]([CH]1C(C)=Cc2c(C3(C)CCCCC3)ccc(C)c21)=[Si](C)C.[Cl-].[Cl-]. The molecule has 0 spiro atoms. The van der Waals surface area contributed by atoms with Crippen LogP contribution in [0.4, 0.5) is 0 Å². The molecule has 4 aliphatic rings. The van der Waals surface area contributed by atoms with Gasteiger partial charge in [-0.15, -0.1) is 0 Å². The predicted octanol–water partition coefficient (Wildman–Crippen LogP) is 5.24. The normalized spacial score (nSPS) is 23.3. The quantitative estimate of drug-likeness (QED) is 0.384. The molecule has 0 amide bonds. The van der Waals surface area contributed by atoms with Crippen molar-refractivity contribution < 1.29 is 45.2 Å². The molecule has 42 heavy (non-hydrogen) atoms. The van der Waals surface area contributed by atoms with Crippen LogP contribution in [0.5, 0.6) is 0 Å². The second-order valence-electron chi connectivity index (χ2n) is 14.9. The molecule has 4 heteroatoms. The zero-order valence-electron chi connectivity index (χ0n) is 27.4. The molecule has 2 fully saturated rings. The molecule has 226 valence electrons. The molecular weight excluding hydrogens is 647 g/mol. The average molecular weight is 699 g/mol. The van der Waals surface area contributed by atoms with Gasteiger partial charge < -0.3 is 24.8 Å². The molecule has 2 unspecified atom stereocenters. The molecule has 2 atom stereocenters. The maximum Gasteiger partial charge on any atom is -1.00 e. The van der Waals surface area contributed by atoms with E-state index in [0.29, 0.717) is 10.8 Å². The van der Waals surface area contributed by atoms with E-state index in [9.17, 15) is 0 Å². The van der Waals surface area contributed by atoms with E-state index in [4.69, 9.17) is 0 Å². The number of fused-ring (bicyclic) bond motifs is 2. The van der Waals surface area contributed by atoms with E-state index in [2.05, 4.69) is 91.1 Å². The van der Waals surface area contributed by atoms with E-state index in [1.165, 1.54) is 64.2 Å². The number of benzene rings is 2. The Hall–Kier alpha value is -0.400. The standard InChI is InChI=1S/2C18H23.C2H6Si.2ClH.Zr/c2*1-13-11-15-14(2)7-8-17(16(15)12-13)18(3)9-5-4-6-10-18;1-3-2;;;/h2*7-8,11-12H,4-6,9-10H2,1-3H3;1-2H3;2*1H;/q;;;;;+2/p-2. The molecule has 4 aliphatic carbocycles. The van der Waals surface area contributed by atoms with E-state index in [1.807, 2.05) is 0 Å². The van der Waals surface area contributed by atoms with Gasteiger partial charge in [-0.3, -0.25) is 0 Å². The van der Waals surface area contributed by atoms with Crippen molar-refractivity contribution in [3.63, 3.8) is 0 Å². The monoisotopic (exact) mass is 696 g/mol. The molecule has 0 aliphatic heterocycles. The third-order valence-corrected chi connectivity index (χ3v) is 31.5. The van der Waals surface area contributed by atoms with Crippen LogP contribution in [-0.4, -0.2) is 5.43 Å². The van der Waals surface area contributed by atoms with Crippen molar-refractivity contribution in [2.24, 2.45) is 0 Å². The van der Waals surface area contributed by atoms with Crippen LogP contribution in [0.3, 0.4) is 0 Å². The molecule has 6 rings (SSSR count). The van der Waals surface area contributed by atoms with Crippen LogP contribution < -0.4 is 24.8 Å². The Balaban J connectivity index is 0.00000202. The maximum atomic E-state index is 2.69. The van der Waals surface area contributed by atoms with Gasteiger partial charge in [-0.2, -0.15) is 0 Å². The predicted molar refractivity (Wildman–Crippen MR) is 173 cm³/mol. The number of rotatable bonds is 4. The van der Waals surface area contributed by atoms with Crippen LogP contribution in [0.25, 0.3) is 12.2 Å². The van der Waals surface area contributed by atoms with Crippen LogP contribution in [0.2, 0.25) is 13.1 Å². The molecular formula is C38H52Cl2SiZr. The third-order valence-electron chi connectivity index (χ3n) is 11.7. The second kappa shape index (κ2) is 13.1. The Bertz CT molecular complexity index is 1340. The third kappa shape index (κ3) is 5.72. The number of hydrogen-bond donors (Lipinski definition) is 0. The van der Waals surface area contributed by atoms with Gasteiger partial charge in [0.25, 0.3) is 0 Å². The number of allylic oxidation sites excluding steroid dienone is 2. The fourth-order valence-electron chi connectivity index (χ4n) is 9.45. The Labute approximate surface area is 277 Å². The van der Waals surface area contributed by atoms with E-state index >= 15 is 0 Å². The van der Waals surface area contributed by atoms with Crippen LogP contribution in [-0.2, 0) is 31.2 Å². The van der Waals surface area contributed by atoms with E-state index in [0.717, 1.165) is 7.25 Å². The number of hydrogen-bond acceptors (Lipinski definition) is 0. The fourth-order valence-corrected chi connectivity index (χ4v) is 30.6. The van der Waals surface area contributed by atoms with Crippen molar-refractivity contribution in [2.75, 3.05) is 0 Å². The number of halogens is 2. The Morgan fingerprint density at radius 1 is 0.595 bits per heavy atom. The van der Waals surface area contributed by atoms with E-state index < -0.39 is 25.8 Å². The first-order valence-corrected chi connectivity index (χ1v) is 25.4. The van der Waals surface area contributed by atoms with Gasteiger partial charge in [-0.1, -0.05) is 0 Å². The summed E-state index contributed by atoms with van der Waals surface area (Å²) >= 11 is -2.07. The summed E-state index contributed by atoms with van der Waals surface area (Å²) in [4.78, 5) is 0. The summed E-state index contributed by atoms with van der Waals surface area (Å²) in [6.07, 6.45) is 19.2. The molecule has 2 aromatic carbocycles. The molecule has 0 nitrogen and oxygen atoms in total. The largest absolute Gasteiger partial charge is 1.00 e. The minimum absolute atomic E-state index is 0. The van der Waals surface area contributed by atoms with Gasteiger partial charge in [0, 0.05) is 0 Å². The van der Waals surface area contributed by atoms with Crippen LogP contribution in [0.1, 0.15) is 144 Å². The Morgan fingerprint density at radius 2 is 0.952 bits per heavy atom. The molecule has 0 heterocycles. The van der Waals surface area contributed by atoms with Crippen molar-refractivity contribution in [1.82, 2.24) is 0 Å². The van der Waals surface area contributed by atoms with Crippen LogP contribution in [0.15, 0.2) is 35.4 Å². The van der Waals surface area contributed by atoms with Crippen molar-refractivity contribution in [1.29, 1.82) is 0 Å². The van der Waals surface area contributed by atoms with Gasteiger partial charge in [0.1, 0.15) is 0 Å². The molecule has 0 bridgehead atoms. The van der Waals surface area contributed by atoms with Gasteiger partial charge in [0.05, 0.1) is 0 Å². The summed E-state index contributed by atoms with van der Waals surface area (Å²) in [6.45, 7) is 20.5. The Kier molecular flexibility index (Phi) is 10.8.